The van der Waals surface area contributed by atoms with Gasteiger partial charge in [-0.3, -0.25) is 4.79 Å². The van der Waals surface area contributed by atoms with Crippen LogP contribution in [0.3, 0.4) is 0 Å². The highest BCUT2D eigenvalue weighted by Gasteiger charge is 2.33. The highest BCUT2D eigenvalue weighted by Crippen LogP contribution is 2.35. The Morgan fingerprint density at radius 2 is 1.85 bits per heavy atom. The third kappa shape index (κ3) is 6.04. The monoisotopic (exact) mass is 512 g/mol. The summed E-state index contributed by atoms with van der Waals surface area (Å²) < 4.78 is 47.3. The fraction of sp³-hybridized carbons (Fsp3) is 0.348. The van der Waals surface area contributed by atoms with Gasteiger partial charge in [0.25, 0.3) is 0 Å². The molecule has 0 aliphatic rings. The van der Waals surface area contributed by atoms with Gasteiger partial charge in [-0.2, -0.15) is 13.2 Å². The predicted octanol–water partition coefficient (Wildman–Crippen LogP) is 6.46. The maximum atomic E-state index is 13.2. The zero-order valence-electron chi connectivity index (χ0n) is 19.0. The first-order chi connectivity index (χ1) is 16.0. The third-order valence-corrected chi connectivity index (χ3v) is 6.55. The summed E-state index contributed by atoms with van der Waals surface area (Å²) in [5.74, 6) is 0.507. The molecule has 1 aromatic heterocycles. The van der Waals surface area contributed by atoms with Gasteiger partial charge >= 0.3 is 6.18 Å². The number of amides is 1. The second kappa shape index (κ2) is 10.7. The molecule has 3 rings (SSSR count). The molecular weight excluding hydrogens is 489 g/mol. The van der Waals surface area contributed by atoms with Gasteiger partial charge in [0.1, 0.15) is 5.75 Å². The summed E-state index contributed by atoms with van der Waals surface area (Å²) in [5.41, 5.74) is 0.616. The van der Waals surface area contributed by atoms with Crippen LogP contribution in [0.15, 0.2) is 41.6 Å². The van der Waals surface area contributed by atoms with E-state index in [9.17, 15) is 18.0 Å². The van der Waals surface area contributed by atoms with Crippen molar-refractivity contribution in [1.82, 2.24) is 14.8 Å². The average molecular weight is 513 g/mol. The molecule has 0 bridgehead atoms. The lowest BCUT2D eigenvalue weighted by molar-refractivity contribution is -0.137. The van der Waals surface area contributed by atoms with E-state index in [1.165, 1.54) is 18.2 Å². The Balaban J connectivity index is 1.68. The number of carbonyl (C=O) groups is 1. The summed E-state index contributed by atoms with van der Waals surface area (Å²) >= 11 is 7.31. The zero-order valence-corrected chi connectivity index (χ0v) is 20.6. The van der Waals surface area contributed by atoms with Crippen LogP contribution in [0, 0.1) is 13.8 Å². The molecule has 0 fully saturated rings. The van der Waals surface area contributed by atoms with E-state index in [2.05, 4.69) is 15.5 Å². The number of aryl methyl sites for hydroxylation is 2. The largest absolute Gasteiger partial charge is 0.483 e. The Hall–Kier alpha value is -2.72. The highest BCUT2D eigenvalue weighted by atomic mass is 35.5. The minimum absolute atomic E-state index is 0.130. The van der Waals surface area contributed by atoms with E-state index in [-0.39, 0.29) is 11.4 Å². The Bertz CT molecular complexity index is 1160. The van der Waals surface area contributed by atoms with E-state index in [4.69, 9.17) is 16.3 Å². The van der Waals surface area contributed by atoms with E-state index < -0.39 is 23.8 Å². The van der Waals surface area contributed by atoms with Crippen molar-refractivity contribution in [2.45, 2.75) is 51.7 Å². The number of nitrogens with zero attached hydrogens (tertiary/aromatic N) is 3. The lowest BCUT2D eigenvalue weighted by Gasteiger charge is -2.17. The van der Waals surface area contributed by atoms with E-state index in [1.807, 2.05) is 44.4 Å². The summed E-state index contributed by atoms with van der Waals surface area (Å²) in [7, 11) is 0. The van der Waals surface area contributed by atoms with Crippen molar-refractivity contribution >= 4 is 35.0 Å². The maximum absolute atomic E-state index is 13.2. The predicted molar refractivity (Wildman–Crippen MR) is 126 cm³/mol. The fourth-order valence-corrected chi connectivity index (χ4v) is 4.31. The van der Waals surface area contributed by atoms with E-state index in [1.54, 1.807) is 0 Å². The van der Waals surface area contributed by atoms with Gasteiger partial charge in [0, 0.05) is 11.6 Å². The van der Waals surface area contributed by atoms with Gasteiger partial charge in [-0.1, -0.05) is 35.5 Å². The van der Waals surface area contributed by atoms with Crippen LogP contribution in [0.5, 0.6) is 5.75 Å². The van der Waals surface area contributed by atoms with Gasteiger partial charge in [-0.05, 0) is 63.1 Å². The van der Waals surface area contributed by atoms with E-state index in [0.717, 1.165) is 29.0 Å². The maximum Gasteiger partial charge on any atom is 0.418 e. The summed E-state index contributed by atoms with van der Waals surface area (Å²) in [6.07, 6.45) is -5.00. The molecule has 0 aliphatic heterocycles. The van der Waals surface area contributed by atoms with Crippen LogP contribution < -0.4 is 10.1 Å². The molecule has 3 aromatic rings. The number of thioether (sulfide) groups is 1. The van der Waals surface area contributed by atoms with Crippen molar-refractivity contribution in [2.75, 3.05) is 11.1 Å². The number of para-hydroxylation sites is 1. The molecule has 1 atom stereocenters. The standard InChI is InChI=1S/C23H24ClF3N4O2S/c1-5-31-21(15(4)33-16-10-13(2)20(24)14(3)11-16)29-30-22(31)34-12-19(32)28-18-9-7-6-8-17(18)23(25,26)27/h6-11,15H,5,12H2,1-4H3,(H,28,32). The van der Waals surface area contributed by atoms with Crippen LogP contribution in [-0.2, 0) is 17.5 Å². The Kier molecular flexibility index (Phi) is 8.14. The molecule has 0 radical (unpaired) electrons. The molecule has 0 aliphatic carbocycles. The Morgan fingerprint density at radius 3 is 2.47 bits per heavy atom. The van der Waals surface area contributed by atoms with Crippen LogP contribution in [-0.4, -0.2) is 26.4 Å². The topological polar surface area (TPSA) is 69.0 Å². The van der Waals surface area contributed by atoms with Crippen LogP contribution in [0.1, 0.15) is 42.5 Å². The van der Waals surface area contributed by atoms with Crippen LogP contribution in [0.4, 0.5) is 18.9 Å². The second-order valence-electron chi connectivity index (χ2n) is 7.60. The number of benzene rings is 2. The van der Waals surface area contributed by atoms with Gasteiger partial charge in [-0.15, -0.1) is 10.2 Å². The number of alkyl halides is 3. The smallest absolute Gasteiger partial charge is 0.418 e. The molecule has 6 nitrogen and oxygen atoms in total. The van der Waals surface area contributed by atoms with Gasteiger partial charge in [0.15, 0.2) is 17.1 Å². The van der Waals surface area contributed by atoms with Crippen molar-refractivity contribution in [3.05, 3.63) is 63.9 Å². The van der Waals surface area contributed by atoms with E-state index in [0.29, 0.717) is 28.3 Å². The van der Waals surface area contributed by atoms with Crippen LogP contribution >= 0.6 is 23.4 Å². The molecule has 0 spiro atoms. The number of ether oxygens (including phenoxy) is 1. The van der Waals surface area contributed by atoms with Crippen molar-refractivity contribution < 1.29 is 22.7 Å². The number of halogens is 4. The van der Waals surface area contributed by atoms with Crippen molar-refractivity contribution in [3.63, 3.8) is 0 Å². The summed E-state index contributed by atoms with van der Waals surface area (Å²) in [5, 5.41) is 11.8. The molecule has 182 valence electrons. The van der Waals surface area contributed by atoms with Crippen LogP contribution in [0.25, 0.3) is 0 Å². The number of anilines is 1. The minimum Gasteiger partial charge on any atom is -0.483 e. The first-order valence-electron chi connectivity index (χ1n) is 10.5. The molecule has 1 N–H and O–H groups in total. The lowest BCUT2D eigenvalue weighted by Crippen LogP contribution is -2.18. The quantitative estimate of drug-likeness (QED) is 0.351. The first kappa shape index (κ1) is 25.9. The number of nitrogens with one attached hydrogen (secondary N) is 1. The highest BCUT2D eigenvalue weighted by molar-refractivity contribution is 7.99. The molecule has 1 amide bonds. The van der Waals surface area contributed by atoms with Crippen molar-refractivity contribution in [3.8, 4) is 5.75 Å². The van der Waals surface area contributed by atoms with Gasteiger partial charge in [-0.25, -0.2) is 0 Å². The summed E-state index contributed by atoms with van der Waals surface area (Å²) in [6, 6.07) is 8.54. The van der Waals surface area contributed by atoms with Crippen molar-refractivity contribution in [2.24, 2.45) is 0 Å². The molecular formula is C23H24ClF3N4O2S. The number of carbonyl (C=O) groups excluding carboxylic acids is 1. The summed E-state index contributed by atoms with van der Waals surface area (Å²) in [6.45, 7) is 8.06. The number of aromatic nitrogens is 3. The number of hydrogen-bond acceptors (Lipinski definition) is 5. The zero-order chi connectivity index (χ0) is 25.0. The lowest BCUT2D eigenvalue weighted by atomic mass is 10.1. The second-order valence-corrected chi connectivity index (χ2v) is 8.92. The number of hydrogen-bond donors (Lipinski definition) is 1. The molecule has 2 aromatic carbocycles. The third-order valence-electron chi connectivity index (χ3n) is 4.99. The Morgan fingerprint density at radius 1 is 1.21 bits per heavy atom. The number of rotatable bonds is 8. The molecule has 1 unspecified atom stereocenters. The van der Waals surface area contributed by atoms with E-state index >= 15 is 0 Å². The fourth-order valence-electron chi connectivity index (χ4n) is 3.39. The van der Waals surface area contributed by atoms with Crippen molar-refractivity contribution in [1.29, 1.82) is 0 Å². The van der Waals surface area contributed by atoms with Gasteiger partial charge < -0.3 is 14.6 Å². The first-order valence-corrected chi connectivity index (χ1v) is 11.8. The molecule has 1 heterocycles. The SMILES string of the molecule is CCn1c(SCC(=O)Nc2ccccc2C(F)(F)F)nnc1C(C)Oc1cc(C)c(Cl)c(C)c1. The molecule has 34 heavy (non-hydrogen) atoms. The van der Waals surface area contributed by atoms with Gasteiger partial charge in [0.05, 0.1) is 17.0 Å². The molecule has 0 saturated heterocycles. The Labute approximate surface area is 204 Å². The summed E-state index contributed by atoms with van der Waals surface area (Å²) in [4.78, 5) is 12.3. The normalized spacial score (nSPS) is 12.5. The van der Waals surface area contributed by atoms with Crippen LogP contribution in [0.2, 0.25) is 5.02 Å². The minimum atomic E-state index is -4.56. The average Bonchev–Trinajstić information content (AvgIpc) is 3.18. The molecule has 11 heteroatoms. The van der Waals surface area contributed by atoms with Gasteiger partial charge in [0.2, 0.25) is 5.91 Å². The molecule has 0 saturated carbocycles.